The smallest absolute Gasteiger partial charge is 0.125 e. The van der Waals surface area contributed by atoms with Gasteiger partial charge < -0.3 is 5.32 Å². The Balaban J connectivity index is 2.07. The molecule has 2 nitrogen and oxygen atoms in total. The fourth-order valence-electron chi connectivity index (χ4n) is 1.43. The molecule has 0 saturated carbocycles. The first-order valence-electron chi connectivity index (χ1n) is 5.25. The number of anilines is 1. The van der Waals surface area contributed by atoms with Crippen LogP contribution in [0, 0.1) is 12.7 Å². The van der Waals surface area contributed by atoms with Gasteiger partial charge in [0.25, 0.3) is 0 Å². The highest BCUT2D eigenvalue weighted by Gasteiger charge is 2.01. The van der Waals surface area contributed by atoms with Crippen molar-refractivity contribution in [1.82, 2.24) is 4.98 Å². The molecule has 0 saturated heterocycles. The Morgan fingerprint density at radius 2 is 2.12 bits per heavy atom. The fourth-order valence-corrected chi connectivity index (χ4v) is 1.82. The first-order chi connectivity index (χ1) is 8.15. The highest BCUT2D eigenvalue weighted by Crippen LogP contribution is 2.23. The van der Waals surface area contributed by atoms with Gasteiger partial charge in [-0.1, -0.05) is 6.07 Å². The number of nitrogens with one attached hydrogen (secondary N) is 1. The topological polar surface area (TPSA) is 24.9 Å². The number of hydrogen-bond donors (Lipinski definition) is 1. The average Bonchev–Trinajstić information content (AvgIpc) is 2.32. The van der Waals surface area contributed by atoms with Crippen LogP contribution in [-0.2, 0) is 6.54 Å². The quantitative estimate of drug-likeness (QED) is 0.928. The number of pyridine rings is 1. The van der Waals surface area contributed by atoms with E-state index >= 15 is 0 Å². The van der Waals surface area contributed by atoms with Crippen molar-refractivity contribution in [2.75, 3.05) is 5.32 Å². The van der Waals surface area contributed by atoms with Crippen LogP contribution in [0.15, 0.2) is 41.0 Å². The number of rotatable bonds is 3. The lowest BCUT2D eigenvalue weighted by molar-refractivity contribution is 0.628. The molecule has 0 fully saturated rings. The van der Waals surface area contributed by atoms with Gasteiger partial charge in [0, 0.05) is 22.9 Å². The second-order valence-electron chi connectivity index (χ2n) is 3.79. The van der Waals surface area contributed by atoms with E-state index in [0.717, 1.165) is 21.4 Å². The van der Waals surface area contributed by atoms with Gasteiger partial charge in [0.15, 0.2) is 0 Å². The molecular weight excluding hydrogens is 283 g/mol. The van der Waals surface area contributed by atoms with Crippen LogP contribution in [0.3, 0.4) is 0 Å². The maximum absolute atomic E-state index is 13.1. The van der Waals surface area contributed by atoms with Gasteiger partial charge in [0.2, 0.25) is 0 Å². The predicted octanol–water partition coefficient (Wildman–Crippen LogP) is 3.90. The lowest BCUT2D eigenvalue weighted by Gasteiger charge is -2.08. The minimum absolute atomic E-state index is 0.252. The molecule has 0 amide bonds. The highest BCUT2D eigenvalue weighted by molar-refractivity contribution is 9.10. The molecular formula is C13H12BrFN2. The molecule has 88 valence electrons. The summed E-state index contributed by atoms with van der Waals surface area (Å²) >= 11 is 3.37. The van der Waals surface area contributed by atoms with Crippen LogP contribution in [0.4, 0.5) is 10.1 Å². The van der Waals surface area contributed by atoms with E-state index in [1.165, 1.54) is 12.1 Å². The summed E-state index contributed by atoms with van der Waals surface area (Å²) in [5, 5.41) is 3.16. The van der Waals surface area contributed by atoms with E-state index in [1.54, 1.807) is 6.07 Å². The molecule has 0 unspecified atom stereocenters. The molecule has 4 heteroatoms. The molecule has 0 aliphatic carbocycles. The molecule has 1 N–H and O–H groups in total. The van der Waals surface area contributed by atoms with Gasteiger partial charge in [-0.3, -0.25) is 4.98 Å². The van der Waals surface area contributed by atoms with Crippen molar-refractivity contribution in [3.05, 3.63) is 58.1 Å². The van der Waals surface area contributed by atoms with Crippen LogP contribution in [-0.4, -0.2) is 4.98 Å². The summed E-state index contributed by atoms with van der Waals surface area (Å²) in [6, 6.07) is 8.53. The summed E-state index contributed by atoms with van der Waals surface area (Å²) in [5.41, 5.74) is 2.79. The van der Waals surface area contributed by atoms with Crippen molar-refractivity contribution in [3.8, 4) is 0 Å². The fraction of sp³-hybridized carbons (Fsp3) is 0.154. The van der Waals surface area contributed by atoms with Crippen LogP contribution in [0.25, 0.3) is 0 Å². The van der Waals surface area contributed by atoms with Gasteiger partial charge in [0.1, 0.15) is 5.82 Å². The van der Waals surface area contributed by atoms with E-state index in [0.29, 0.717) is 6.54 Å². The highest BCUT2D eigenvalue weighted by atomic mass is 79.9. The van der Waals surface area contributed by atoms with Crippen LogP contribution in [0.5, 0.6) is 0 Å². The van der Waals surface area contributed by atoms with Gasteiger partial charge >= 0.3 is 0 Å². The number of hydrogen-bond acceptors (Lipinski definition) is 2. The van der Waals surface area contributed by atoms with E-state index < -0.39 is 0 Å². The third-order valence-corrected chi connectivity index (χ3v) is 3.08. The first kappa shape index (κ1) is 12.0. The Labute approximate surface area is 108 Å². The minimum Gasteiger partial charge on any atom is -0.380 e. The van der Waals surface area contributed by atoms with Crippen molar-refractivity contribution in [1.29, 1.82) is 0 Å². The van der Waals surface area contributed by atoms with Gasteiger partial charge in [-0.25, -0.2) is 4.39 Å². The van der Waals surface area contributed by atoms with E-state index in [-0.39, 0.29) is 5.82 Å². The van der Waals surface area contributed by atoms with Crippen LogP contribution in [0.2, 0.25) is 0 Å². The van der Waals surface area contributed by atoms with E-state index in [9.17, 15) is 4.39 Å². The van der Waals surface area contributed by atoms with Gasteiger partial charge in [0.05, 0.1) is 5.69 Å². The maximum Gasteiger partial charge on any atom is 0.125 e. The van der Waals surface area contributed by atoms with Crippen molar-refractivity contribution in [2.24, 2.45) is 0 Å². The second kappa shape index (κ2) is 5.27. The Kier molecular flexibility index (Phi) is 3.74. The third kappa shape index (κ3) is 3.27. The summed E-state index contributed by atoms with van der Waals surface area (Å²) < 4.78 is 13.9. The van der Waals surface area contributed by atoms with Crippen molar-refractivity contribution < 1.29 is 4.39 Å². The Bertz CT molecular complexity index is 511. The van der Waals surface area contributed by atoms with Crippen LogP contribution in [0.1, 0.15) is 11.3 Å². The third-order valence-electron chi connectivity index (χ3n) is 2.38. The summed E-state index contributed by atoms with van der Waals surface area (Å²) in [4.78, 5) is 4.21. The molecule has 0 aliphatic rings. The van der Waals surface area contributed by atoms with Crippen LogP contribution >= 0.6 is 15.9 Å². The molecule has 0 aliphatic heterocycles. The monoisotopic (exact) mass is 294 g/mol. The number of benzene rings is 1. The summed E-state index contributed by atoms with van der Waals surface area (Å²) in [5.74, 6) is -0.252. The molecule has 2 aromatic rings. The maximum atomic E-state index is 13.1. The summed E-state index contributed by atoms with van der Waals surface area (Å²) in [7, 11) is 0. The number of nitrogens with zero attached hydrogens (tertiary/aromatic N) is 1. The van der Waals surface area contributed by atoms with Crippen molar-refractivity contribution in [3.63, 3.8) is 0 Å². The average molecular weight is 295 g/mol. The minimum atomic E-state index is -0.252. The number of aryl methyl sites for hydroxylation is 1. The number of halogens is 2. The largest absolute Gasteiger partial charge is 0.380 e. The number of aromatic nitrogens is 1. The Hall–Kier alpha value is -1.42. The lowest BCUT2D eigenvalue weighted by atomic mass is 10.2. The second-order valence-corrected chi connectivity index (χ2v) is 4.64. The Morgan fingerprint density at radius 1 is 1.29 bits per heavy atom. The van der Waals surface area contributed by atoms with E-state index in [2.05, 4.69) is 26.2 Å². The zero-order valence-electron chi connectivity index (χ0n) is 9.37. The van der Waals surface area contributed by atoms with Crippen molar-refractivity contribution in [2.45, 2.75) is 13.5 Å². The molecule has 1 heterocycles. The van der Waals surface area contributed by atoms with Gasteiger partial charge in [-0.2, -0.15) is 0 Å². The molecule has 1 aromatic carbocycles. The molecule has 0 spiro atoms. The van der Waals surface area contributed by atoms with E-state index in [1.807, 2.05) is 25.3 Å². The molecule has 0 bridgehead atoms. The molecule has 2 rings (SSSR count). The summed E-state index contributed by atoms with van der Waals surface area (Å²) in [6.45, 7) is 2.57. The normalized spacial score (nSPS) is 10.3. The lowest BCUT2D eigenvalue weighted by Crippen LogP contribution is -2.01. The molecule has 0 radical (unpaired) electrons. The van der Waals surface area contributed by atoms with Crippen molar-refractivity contribution >= 4 is 21.6 Å². The Morgan fingerprint density at radius 3 is 2.82 bits per heavy atom. The molecule has 1 aromatic heterocycles. The first-order valence-corrected chi connectivity index (χ1v) is 6.05. The van der Waals surface area contributed by atoms with E-state index in [4.69, 9.17) is 0 Å². The SMILES string of the molecule is Cc1ccc(CNc2cc(F)ccc2Br)cn1. The molecule has 0 atom stereocenters. The van der Waals surface area contributed by atoms with Crippen LogP contribution < -0.4 is 5.32 Å². The molecule has 17 heavy (non-hydrogen) atoms. The zero-order valence-corrected chi connectivity index (χ0v) is 11.0. The predicted molar refractivity (Wildman–Crippen MR) is 70.4 cm³/mol. The summed E-state index contributed by atoms with van der Waals surface area (Å²) in [6.07, 6.45) is 1.82. The zero-order chi connectivity index (χ0) is 12.3. The van der Waals surface area contributed by atoms with Gasteiger partial charge in [-0.15, -0.1) is 0 Å². The standard InChI is InChI=1S/C13H12BrFN2/c1-9-2-3-10(7-16-9)8-17-13-6-11(15)4-5-12(13)14/h2-7,17H,8H2,1H3. The van der Waals surface area contributed by atoms with Gasteiger partial charge in [-0.05, 0) is 52.7 Å².